The minimum absolute atomic E-state index is 0.0647. The first kappa shape index (κ1) is 21.8. The Morgan fingerprint density at radius 1 is 1.06 bits per heavy atom. The summed E-state index contributed by atoms with van der Waals surface area (Å²) in [5.41, 5.74) is -0.115. The van der Waals surface area contributed by atoms with Crippen molar-refractivity contribution in [2.45, 2.75) is 13.0 Å². The molecule has 3 rings (SSSR count). The van der Waals surface area contributed by atoms with Crippen molar-refractivity contribution in [2.75, 3.05) is 19.8 Å². The average Bonchev–Trinajstić information content (AvgIpc) is 2.76. The molecule has 0 fully saturated rings. The summed E-state index contributed by atoms with van der Waals surface area (Å²) in [6, 6.07) is 11.6. The third-order valence-corrected chi connectivity index (χ3v) is 4.17. The Labute approximate surface area is 176 Å². The molecule has 162 valence electrons. The normalized spacial score (nSPS) is 11.7. The van der Waals surface area contributed by atoms with E-state index in [0.717, 1.165) is 6.07 Å². The summed E-state index contributed by atoms with van der Waals surface area (Å²) in [5.74, 6) is -1.66. The number of hydrogen-bond acceptors (Lipinski definition) is 8. The summed E-state index contributed by atoms with van der Waals surface area (Å²) < 4.78 is 21.1. The van der Waals surface area contributed by atoms with E-state index in [2.05, 4.69) is 0 Å². The van der Waals surface area contributed by atoms with Crippen LogP contribution in [0.1, 0.15) is 27.8 Å². The molecule has 0 aliphatic heterocycles. The number of carboxylic acids is 1. The van der Waals surface area contributed by atoms with E-state index in [4.69, 9.17) is 23.7 Å². The van der Waals surface area contributed by atoms with Crippen LogP contribution in [0.4, 0.5) is 0 Å². The highest BCUT2D eigenvalue weighted by atomic mass is 16.5. The summed E-state index contributed by atoms with van der Waals surface area (Å²) in [7, 11) is 0. The molecule has 0 bridgehead atoms. The maximum atomic E-state index is 12.3. The second-order valence-corrected chi connectivity index (χ2v) is 6.43. The summed E-state index contributed by atoms with van der Waals surface area (Å²) >= 11 is 0. The molecule has 9 heteroatoms. The molecule has 31 heavy (non-hydrogen) atoms. The molecule has 1 aromatic heterocycles. The number of aliphatic hydroxyl groups is 1. The lowest BCUT2D eigenvalue weighted by Gasteiger charge is -2.14. The van der Waals surface area contributed by atoms with Gasteiger partial charge in [0.25, 0.3) is 0 Å². The predicted molar refractivity (Wildman–Crippen MR) is 109 cm³/mol. The molecule has 0 amide bonds. The van der Waals surface area contributed by atoms with Crippen LogP contribution < -0.4 is 14.9 Å². The van der Waals surface area contributed by atoms with E-state index >= 15 is 0 Å². The second-order valence-electron chi connectivity index (χ2n) is 6.43. The van der Waals surface area contributed by atoms with Gasteiger partial charge in [-0.1, -0.05) is 6.07 Å². The van der Waals surface area contributed by atoms with Crippen molar-refractivity contribution in [3.8, 4) is 11.5 Å². The Balaban J connectivity index is 1.60. The third kappa shape index (κ3) is 5.40. The standard InChI is InChI=1S/C22H20O9/c1-2-28-22(27)13-6-8-15(9-7-13)29-11-14(23)12-30-17-4-3-5-18-20(17)16(24)10-19(31-18)21(25)26/h3-10,14,23H,2,11-12H2,1H3,(H,25,26). The van der Waals surface area contributed by atoms with E-state index in [1.54, 1.807) is 37.3 Å². The smallest absolute Gasteiger partial charge is 0.371 e. The Kier molecular flexibility index (Phi) is 6.88. The quantitative estimate of drug-likeness (QED) is 0.493. The molecular weight excluding hydrogens is 408 g/mol. The van der Waals surface area contributed by atoms with Crippen molar-refractivity contribution in [1.82, 2.24) is 0 Å². The molecule has 1 unspecified atom stereocenters. The number of hydrogen-bond donors (Lipinski definition) is 2. The van der Waals surface area contributed by atoms with Crippen LogP contribution in [0.2, 0.25) is 0 Å². The zero-order valence-corrected chi connectivity index (χ0v) is 16.6. The van der Waals surface area contributed by atoms with Gasteiger partial charge in [-0.05, 0) is 43.3 Å². The molecule has 0 aliphatic carbocycles. The molecule has 0 saturated carbocycles. The van der Waals surface area contributed by atoms with Gasteiger partial charge >= 0.3 is 11.9 Å². The van der Waals surface area contributed by atoms with Crippen LogP contribution in [-0.4, -0.2) is 48.1 Å². The zero-order valence-electron chi connectivity index (χ0n) is 16.6. The molecule has 1 atom stereocenters. The molecular formula is C22H20O9. The maximum absolute atomic E-state index is 12.3. The molecule has 2 N–H and O–H groups in total. The Bertz CT molecular complexity index is 1130. The third-order valence-electron chi connectivity index (χ3n) is 4.17. The summed E-state index contributed by atoms with van der Waals surface area (Å²) in [6.07, 6.45) is -1.02. The average molecular weight is 428 g/mol. The van der Waals surface area contributed by atoms with Gasteiger partial charge in [0.15, 0.2) is 5.43 Å². The molecule has 0 aliphatic rings. The largest absolute Gasteiger partial charge is 0.491 e. The number of fused-ring (bicyclic) bond motifs is 1. The molecule has 0 saturated heterocycles. The highest BCUT2D eigenvalue weighted by molar-refractivity contribution is 5.90. The van der Waals surface area contributed by atoms with Gasteiger partial charge in [0, 0.05) is 6.07 Å². The van der Waals surface area contributed by atoms with Crippen molar-refractivity contribution < 1.29 is 38.4 Å². The number of carbonyl (C=O) groups is 2. The number of carboxylic acid groups (broad SMARTS) is 1. The van der Waals surface area contributed by atoms with E-state index in [0.29, 0.717) is 11.3 Å². The summed E-state index contributed by atoms with van der Waals surface area (Å²) in [6.45, 7) is 1.72. The molecule has 1 heterocycles. The van der Waals surface area contributed by atoms with Crippen LogP contribution in [0.3, 0.4) is 0 Å². The van der Waals surface area contributed by atoms with E-state index in [1.165, 1.54) is 12.1 Å². The monoisotopic (exact) mass is 428 g/mol. The first-order chi connectivity index (χ1) is 14.9. The number of carbonyl (C=O) groups excluding carboxylic acids is 1. The number of aromatic carboxylic acids is 1. The molecule has 0 spiro atoms. The number of rotatable bonds is 9. The highest BCUT2D eigenvalue weighted by Gasteiger charge is 2.15. The van der Waals surface area contributed by atoms with Gasteiger partial charge in [-0.3, -0.25) is 4.79 Å². The molecule has 3 aromatic rings. The van der Waals surface area contributed by atoms with Gasteiger partial charge in [-0.2, -0.15) is 0 Å². The van der Waals surface area contributed by atoms with Crippen LogP contribution in [-0.2, 0) is 4.74 Å². The lowest BCUT2D eigenvalue weighted by atomic mass is 10.2. The van der Waals surface area contributed by atoms with Crippen LogP contribution >= 0.6 is 0 Å². The first-order valence-corrected chi connectivity index (χ1v) is 9.40. The second kappa shape index (κ2) is 9.77. The fourth-order valence-corrected chi connectivity index (χ4v) is 2.73. The van der Waals surface area contributed by atoms with Gasteiger partial charge < -0.3 is 28.8 Å². The van der Waals surface area contributed by atoms with Gasteiger partial charge in [-0.25, -0.2) is 9.59 Å². The zero-order chi connectivity index (χ0) is 22.4. The van der Waals surface area contributed by atoms with E-state index < -0.39 is 29.2 Å². The predicted octanol–water partition coefficient (Wildman–Crippen LogP) is 2.49. The fraction of sp³-hybridized carbons (Fsp3) is 0.227. The number of aliphatic hydroxyl groups excluding tert-OH is 1. The van der Waals surface area contributed by atoms with E-state index in [-0.39, 0.29) is 36.5 Å². The van der Waals surface area contributed by atoms with E-state index in [9.17, 15) is 19.5 Å². The van der Waals surface area contributed by atoms with Crippen LogP contribution in [0.15, 0.2) is 57.7 Å². The highest BCUT2D eigenvalue weighted by Crippen LogP contribution is 2.23. The van der Waals surface area contributed by atoms with Crippen LogP contribution in [0.5, 0.6) is 11.5 Å². The Morgan fingerprint density at radius 2 is 1.77 bits per heavy atom. The van der Waals surface area contributed by atoms with Crippen molar-refractivity contribution in [1.29, 1.82) is 0 Å². The maximum Gasteiger partial charge on any atom is 0.371 e. The lowest BCUT2D eigenvalue weighted by molar-refractivity contribution is 0.0525. The first-order valence-electron chi connectivity index (χ1n) is 9.40. The lowest BCUT2D eigenvalue weighted by Crippen LogP contribution is -2.25. The number of esters is 1. The minimum atomic E-state index is -1.35. The number of benzene rings is 2. The number of ether oxygens (including phenoxy) is 3. The van der Waals surface area contributed by atoms with Crippen LogP contribution in [0.25, 0.3) is 11.0 Å². The molecule has 0 radical (unpaired) electrons. The van der Waals surface area contributed by atoms with Crippen molar-refractivity contribution >= 4 is 22.9 Å². The van der Waals surface area contributed by atoms with Crippen molar-refractivity contribution in [2.24, 2.45) is 0 Å². The van der Waals surface area contributed by atoms with Gasteiger partial charge in [0.1, 0.15) is 41.8 Å². The Hall–Kier alpha value is -3.85. The minimum Gasteiger partial charge on any atom is -0.491 e. The topological polar surface area (TPSA) is 133 Å². The SMILES string of the molecule is CCOC(=O)c1ccc(OCC(O)COc2cccc3oc(C(=O)O)cc(=O)c23)cc1. The molecule has 9 nitrogen and oxygen atoms in total. The van der Waals surface area contributed by atoms with E-state index in [1.807, 2.05) is 0 Å². The van der Waals surface area contributed by atoms with Crippen molar-refractivity contribution in [3.05, 3.63) is 70.1 Å². The summed E-state index contributed by atoms with van der Waals surface area (Å²) in [4.78, 5) is 34.9. The van der Waals surface area contributed by atoms with Crippen molar-refractivity contribution in [3.63, 3.8) is 0 Å². The van der Waals surface area contributed by atoms with Crippen LogP contribution in [0, 0.1) is 0 Å². The molecule has 2 aromatic carbocycles. The van der Waals surface area contributed by atoms with Gasteiger partial charge in [-0.15, -0.1) is 0 Å². The Morgan fingerprint density at radius 3 is 2.45 bits per heavy atom. The summed E-state index contributed by atoms with van der Waals surface area (Å²) in [5, 5.41) is 19.2. The van der Waals surface area contributed by atoms with Gasteiger partial charge in [0.05, 0.1) is 12.2 Å². The fourth-order valence-electron chi connectivity index (χ4n) is 2.73. The van der Waals surface area contributed by atoms with Gasteiger partial charge in [0.2, 0.25) is 5.76 Å².